The van der Waals surface area contributed by atoms with Crippen LogP contribution in [0.25, 0.3) is 32.7 Å². The monoisotopic (exact) mass is 626 g/mol. The smallest absolute Gasteiger partial charge is 0.319 e. The van der Waals surface area contributed by atoms with Crippen molar-refractivity contribution in [3.8, 4) is 0 Å². The third kappa shape index (κ3) is 4.05. The van der Waals surface area contributed by atoms with Crippen LogP contribution in [0.15, 0.2) is 54.7 Å². The summed E-state index contributed by atoms with van der Waals surface area (Å²) in [6, 6.07) is 15.2. The number of carbonyl (C=O) groups excluding carboxylic acids is 3. The Morgan fingerprint density at radius 1 is 0.702 bits per heavy atom. The summed E-state index contributed by atoms with van der Waals surface area (Å²) in [5, 5.41) is 3.13. The molecule has 5 N–H and O–H groups in total. The predicted octanol–water partition coefficient (Wildman–Crippen LogP) is 5.04. The number of nitrogens with two attached hydrogens (primary N) is 1. The Morgan fingerprint density at radius 3 is 1.74 bits per heavy atom. The van der Waals surface area contributed by atoms with Gasteiger partial charge in [-0.1, -0.05) is 0 Å². The lowest BCUT2D eigenvalue weighted by Crippen LogP contribution is -2.33. The van der Waals surface area contributed by atoms with Crippen LogP contribution in [0.5, 0.6) is 0 Å². The summed E-state index contributed by atoms with van der Waals surface area (Å²) in [6.07, 6.45) is 4.27. The van der Waals surface area contributed by atoms with Crippen molar-refractivity contribution < 1.29 is 14.4 Å². The Morgan fingerprint density at radius 2 is 1.19 bits per heavy atom. The number of urea groups is 1. The molecule has 4 amide bonds. The number of rotatable bonds is 4. The molecule has 236 valence electrons. The van der Waals surface area contributed by atoms with E-state index >= 15 is 0 Å². The van der Waals surface area contributed by atoms with Crippen molar-refractivity contribution in [2.24, 2.45) is 5.73 Å². The van der Waals surface area contributed by atoms with Crippen molar-refractivity contribution in [3.63, 3.8) is 0 Å². The highest BCUT2D eigenvalue weighted by atomic mass is 16.2. The SMILES string of the molecule is CN(C)Cc1c[nH]c2ccc3c(c12)CCN3C(=O)c1cc2c3c(ccc2[nH]1)N(C(=O)c1cc2c4c(ccc2[nH]1)N(C(N)=O)CC4)CC3. The molecule has 6 aromatic rings. The van der Waals surface area contributed by atoms with E-state index in [-0.39, 0.29) is 11.8 Å². The number of amides is 4. The number of hydrogen-bond acceptors (Lipinski definition) is 4. The summed E-state index contributed by atoms with van der Waals surface area (Å²) in [5.41, 5.74) is 16.6. The van der Waals surface area contributed by atoms with Crippen LogP contribution in [0.2, 0.25) is 0 Å². The van der Waals surface area contributed by atoms with Crippen molar-refractivity contribution in [1.29, 1.82) is 0 Å². The van der Waals surface area contributed by atoms with E-state index in [9.17, 15) is 14.4 Å². The normalized spacial score (nSPS) is 15.4. The van der Waals surface area contributed by atoms with Gasteiger partial charge in [0.2, 0.25) is 0 Å². The first-order chi connectivity index (χ1) is 22.8. The van der Waals surface area contributed by atoms with Gasteiger partial charge in [-0.05, 0) is 104 Å². The van der Waals surface area contributed by atoms with Gasteiger partial charge in [-0.25, -0.2) is 4.79 Å². The number of aromatic nitrogens is 3. The number of anilines is 3. The average Bonchev–Trinajstić information content (AvgIpc) is 3.88. The number of aromatic amines is 3. The Labute approximate surface area is 269 Å². The number of carbonyl (C=O) groups is 3. The quantitative estimate of drug-likeness (QED) is 0.218. The summed E-state index contributed by atoms with van der Waals surface area (Å²) in [6.45, 7) is 2.54. The maximum Gasteiger partial charge on any atom is 0.319 e. The highest BCUT2D eigenvalue weighted by Crippen LogP contribution is 2.40. The summed E-state index contributed by atoms with van der Waals surface area (Å²) >= 11 is 0. The van der Waals surface area contributed by atoms with Crippen LogP contribution in [0.1, 0.15) is 43.2 Å². The zero-order chi connectivity index (χ0) is 32.1. The second-order valence-corrected chi connectivity index (χ2v) is 13.1. The highest BCUT2D eigenvalue weighted by molar-refractivity contribution is 6.13. The van der Waals surface area contributed by atoms with Gasteiger partial charge in [-0.15, -0.1) is 0 Å². The second-order valence-electron chi connectivity index (χ2n) is 13.1. The number of fused-ring (bicyclic) bond motifs is 9. The van der Waals surface area contributed by atoms with E-state index in [1.807, 2.05) is 52.3 Å². The first-order valence-corrected chi connectivity index (χ1v) is 16.0. The minimum Gasteiger partial charge on any atom is -0.361 e. The molecule has 0 unspecified atom stereocenters. The number of H-pyrrole nitrogens is 3. The zero-order valence-corrected chi connectivity index (χ0v) is 26.2. The van der Waals surface area contributed by atoms with Crippen LogP contribution >= 0.6 is 0 Å². The highest BCUT2D eigenvalue weighted by Gasteiger charge is 2.32. The standard InChI is InChI=1S/C36H34N8O3/c1-41(2)18-19-17-38-27-5-8-32-22(33(19)27)11-13-43(32)35(46)29-15-23-20-9-12-42(30(20)6-3-25(23)39-29)34(45)28-16-24-21-10-14-44(36(37)47)31(21)7-4-26(24)40-28/h3-8,15-17,38-40H,9-14,18H2,1-2H3,(H2,37,47). The van der Waals surface area contributed by atoms with E-state index in [1.54, 1.807) is 4.90 Å². The van der Waals surface area contributed by atoms with Crippen LogP contribution in [-0.2, 0) is 25.8 Å². The van der Waals surface area contributed by atoms with Crippen molar-refractivity contribution >= 4 is 67.6 Å². The molecule has 11 heteroatoms. The lowest BCUT2D eigenvalue weighted by molar-refractivity contribution is 0.0978. The van der Waals surface area contributed by atoms with Crippen molar-refractivity contribution in [2.45, 2.75) is 25.8 Å². The summed E-state index contributed by atoms with van der Waals surface area (Å²) in [4.78, 5) is 57.3. The molecule has 0 fully saturated rings. The van der Waals surface area contributed by atoms with E-state index in [4.69, 9.17) is 5.73 Å². The molecular weight excluding hydrogens is 592 g/mol. The maximum absolute atomic E-state index is 14.0. The molecule has 0 radical (unpaired) electrons. The second kappa shape index (κ2) is 9.97. The molecule has 11 nitrogen and oxygen atoms in total. The molecule has 0 aliphatic carbocycles. The van der Waals surface area contributed by atoms with Gasteiger partial charge < -0.3 is 35.4 Å². The molecule has 3 aromatic carbocycles. The largest absolute Gasteiger partial charge is 0.361 e. The number of nitrogens with one attached hydrogen (secondary N) is 3. The summed E-state index contributed by atoms with van der Waals surface area (Å²) in [5.74, 6) is -0.160. The minimum atomic E-state index is -0.470. The minimum absolute atomic E-state index is 0.0517. The van der Waals surface area contributed by atoms with Crippen LogP contribution in [0.3, 0.4) is 0 Å². The molecule has 6 heterocycles. The Kier molecular flexibility index (Phi) is 5.89. The van der Waals surface area contributed by atoms with Crippen LogP contribution in [0, 0.1) is 0 Å². The van der Waals surface area contributed by atoms with Gasteiger partial charge in [0.05, 0.1) is 0 Å². The molecule has 0 saturated heterocycles. The number of hydrogen-bond donors (Lipinski definition) is 4. The van der Waals surface area contributed by atoms with Gasteiger partial charge in [0.25, 0.3) is 11.8 Å². The first-order valence-electron chi connectivity index (χ1n) is 16.0. The van der Waals surface area contributed by atoms with E-state index in [1.165, 1.54) is 16.5 Å². The Bertz CT molecular complexity index is 2330. The Hall–Kier alpha value is -5.55. The molecule has 0 spiro atoms. The number of nitrogens with zero attached hydrogens (tertiary/aromatic N) is 4. The van der Waals surface area contributed by atoms with Gasteiger partial charge >= 0.3 is 6.03 Å². The van der Waals surface area contributed by atoms with E-state index in [2.05, 4.69) is 46.2 Å². The molecule has 3 aliphatic rings. The summed E-state index contributed by atoms with van der Waals surface area (Å²) < 4.78 is 0. The molecule has 0 saturated carbocycles. The van der Waals surface area contributed by atoms with E-state index in [0.29, 0.717) is 43.9 Å². The van der Waals surface area contributed by atoms with Gasteiger partial charge in [-0.3, -0.25) is 14.5 Å². The molecule has 0 bridgehead atoms. The molecule has 47 heavy (non-hydrogen) atoms. The zero-order valence-electron chi connectivity index (χ0n) is 26.2. The Balaban J connectivity index is 1.01. The fraction of sp³-hybridized carbons (Fsp3) is 0.250. The first kappa shape index (κ1) is 27.7. The van der Waals surface area contributed by atoms with E-state index < -0.39 is 6.03 Å². The van der Waals surface area contributed by atoms with Crippen molar-refractivity contribution in [1.82, 2.24) is 19.9 Å². The van der Waals surface area contributed by atoms with Gasteiger partial charge in [0, 0.05) is 82.1 Å². The number of primary amides is 1. The molecule has 3 aliphatic heterocycles. The van der Waals surface area contributed by atoms with Crippen molar-refractivity contribution in [3.05, 3.63) is 88.4 Å². The van der Waals surface area contributed by atoms with Crippen LogP contribution < -0.4 is 20.4 Å². The lowest BCUT2D eigenvalue weighted by Gasteiger charge is -2.17. The van der Waals surface area contributed by atoms with Gasteiger partial charge in [0.15, 0.2) is 0 Å². The number of benzene rings is 3. The lowest BCUT2D eigenvalue weighted by atomic mass is 10.0. The average molecular weight is 627 g/mol. The topological polar surface area (TPSA) is 138 Å². The van der Waals surface area contributed by atoms with Crippen LogP contribution in [-0.4, -0.2) is 71.4 Å². The predicted molar refractivity (Wildman–Crippen MR) is 184 cm³/mol. The molecule has 0 atom stereocenters. The van der Waals surface area contributed by atoms with Gasteiger partial charge in [-0.2, -0.15) is 0 Å². The van der Waals surface area contributed by atoms with Crippen molar-refractivity contribution in [2.75, 3.05) is 48.4 Å². The fourth-order valence-electron chi connectivity index (χ4n) is 8.07. The summed E-state index contributed by atoms with van der Waals surface area (Å²) in [7, 11) is 4.13. The third-order valence-electron chi connectivity index (χ3n) is 10.1. The maximum atomic E-state index is 14.0. The van der Waals surface area contributed by atoms with Gasteiger partial charge in [0.1, 0.15) is 11.4 Å². The van der Waals surface area contributed by atoms with E-state index in [0.717, 1.165) is 68.5 Å². The molecular formula is C36H34N8O3. The fourth-order valence-corrected chi connectivity index (χ4v) is 8.07. The molecule has 9 rings (SSSR count). The van der Waals surface area contributed by atoms with Crippen LogP contribution in [0.4, 0.5) is 21.9 Å². The molecule has 3 aromatic heterocycles. The third-order valence-corrected chi connectivity index (χ3v) is 10.1.